The first kappa shape index (κ1) is 16.3. The first-order valence-corrected chi connectivity index (χ1v) is 8.19. The summed E-state index contributed by atoms with van der Waals surface area (Å²) in [4.78, 5) is 16.7. The molecule has 1 aliphatic heterocycles. The average Bonchev–Trinajstić information content (AvgIpc) is 2.99. The monoisotopic (exact) mass is 323 g/mol. The molecule has 0 saturated heterocycles. The molecule has 1 aromatic heterocycles. The second-order valence-corrected chi connectivity index (χ2v) is 5.94. The SMILES string of the molecule is CCC1=NN(C(=O)CCc2ccccc2)[C@@](O)(c2ccncc2)C1. The lowest BCUT2D eigenvalue weighted by molar-refractivity contribution is -0.157. The summed E-state index contributed by atoms with van der Waals surface area (Å²) in [6, 6.07) is 13.3. The van der Waals surface area contributed by atoms with Crippen LogP contribution in [0.3, 0.4) is 0 Å². The summed E-state index contributed by atoms with van der Waals surface area (Å²) in [7, 11) is 0. The molecule has 2 heterocycles. The molecule has 1 aliphatic rings. The van der Waals surface area contributed by atoms with Gasteiger partial charge in [0.1, 0.15) is 0 Å². The van der Waals surface area contributed by atoms with Crippen molar-refractivity contribution in [1.82, 2.24) is 9.99 Å². The Hall–Kier alpha value is -2.53. The fraction of sp³-hybridized carbons (Fsp3) is 0.316. The van der Waals surface area contributed by atoms with E-state index in [-0.39, 0.29) is 5.91 Å². The summed E-state index contributed by atoms with van der Waals surface area (Å²) in [5.41, 5.74) is 1.14. The molecule has 124 valence electrons. The maximum absolute atomic E-state index is 12.7. The third-order valence-corrected chi connectivity index (χ3v) is 4.30. The maximum Gasteiger partial charge on any atom is 0.245 e. The number of hydrogen-bond acceptors (Lipinski definition) is 4. The third kappa shape index (κ3) is 3.21. The van der Waals surface area contributed by atoms with Crippen LogP contribution in [0, 0.1) is 0 Å². The van der Waals surface area contributed by atoms with Crippen LogP contribution in [0.25, 0.3) is 0 Å². The highest BCUT2D eigenvalue weighted by Gasteiger charge is 2.45. The van der Waals surface area contributed by atoms with Crippen LogP contribution in [0.15, 0.2) is 60.0 Å². The van der Waals surface area contributed by atoms with E-state index in [0.717, 1.165) is 11.3 Å². The van der Waals surface area contributed by atoms with E-state index in [2.05, 4.69) is 10.1 Å². The van der Waals surface area contributed by atoms with Crippen LogP contribution in [0.1, 0.15) is 37.3 Å². The molecule has 1 aromatic carbocycles. The summed E-state index contributed by atoms with van der Waals surface area (Å²) in [5, 5.41) is 16.8. The van der Waals surface area contributed by atoms with Crippen LogP contribution in [0.2, 0.25) is 0 Å². The van der Waals surface area contributed by atoms with Gasteiger partial charge in [-0.3, -0.25) is 9.78 Å². The molecule has 5 nitrogen and oxygen atoms in total. The van der Waals surface area contributed by atoms with E-state index in [0.29, 0.717) is 31.2 Å². The molecule has 2 aromatic rings. The van der Waals surface area contributed by atoms with Crippen LogP contribution < -0.4 is 0 Å². The van der Waals surface area contributed by atoms with E-state index in [4.69, 9.17) is 0 Å². The highest BCUT2D eigenvalue weighted by molar-refractivity contribution is 5.90. The van der Waals surface area contributed by atoms with Gasteiger partial charge in [0.15, 0.2) is 5.72 Å². The topological polar surface area (TPSA) is 65.8 Å². The van der Waals surface area contributed by atoms with Gasteiger partial charge in [0, 0.05) is 36.5 Å². The number of aliphatic hydroxyl groups is 1. The van der Waals surface area contributed by atoms with Gasteiger partial charge in [-0.1, -0.05) is 37.3 Å². The first-order chi connectivity index (χ1) is 11.6. The van der Waals surface area contributed by atoms with Crippen molar-refractivity contribution in [2.24, 2.45) is 5.10 Å². The minimum Gasteiger partial charge on any atom is -0.365 e. The van der Waals surface area contributed by atoms with Crippen molar-refractivity contribution in [2.45, 2.75) is 38.3 Å². The van der Waals surface area contributed by atoms with Gasteiger partial charge < -0.3 is 5.11 Å². The number of pyridine rings is 1. The van der Waals surface area contributed by atoms with Gasteiger partial charge in [0.05, 0.1) is 0 Å². The Kier molecular flexibility index (Phi) is 4.71. The average molecular weight is 323 g/mol. The van der Waals surface area contributed by atoms with Crippen molar-refractivity contribution in [1.29, 1.82) is 0 Å². The molecule has 24 heavy (non-hydrogen) atoms. The normalized spacial score (nSPS) is 20.1. The summed E-state index contributed by atoms with van der Waals surface area (Å²) in [6.45, 7) is 1.98. The molecular formula is C19H21N3O2. The highest BCUT2D eigenvalue weighted by Crippen LogP contribution is 2.36. The van der Waals surface area contributed by atoms with E-state index in [1.165, 1.54) is 5.01 Å². The van der Waals surface area contributed by atoms with Gasteiger partial charge in [-0.15, -0.1) is 0 Å². The largest absolute Gasteiger partial charge is 0.365 e. The standard InChI is InChI=1S/C19H21N3O2/c1-2-17-14-19(24,16-10-12-20-13-11-16)22(21-17)18(23)9-8-15-6-4-3-5-7-15/h3-7,10-13,24H,2,8-9,14H2,1H3/t19-/m0/s1. The molecule has 0 aliphatic carbocycles. The van der Waals surface area contributed by atoms with Crippen LogP contribution in [0.4, 0.5) is 0 Å². The number of nitrogens with zero attached hydrogens (tertiary/aromatic N) is 3. The number of aromatic nitrogens is 1. The Morgan fingerprint density at radius 1 is 1.21 bits per heavy atom. The second-order valence-electron chi connectivity index (χ2n) is 5.94. The minimum absolute atomic E-state index is 0.179. The highest BCUT2D eigenvalue weighted by atomic mass is 16.3. The molecule has 0 unspecified atom stereocenters. The van der Waals surface area contributed by atoms with Crippen molar-refractivity contribution in [3.63, 3.8) is 0 Å². The van der Waals surface area contributed by atoms with Gasteiger partial charge in [0.25, 0.3) is 0 Å². The van der Waals surface area contributed by atoms with Crippen LogP contribution in [-0.2, 0) is 16.9 Å². The molecule has 0 bridgehead atoms. The van der Waals surface area contributed by atoms with Gasteiger partial charge in [-0.2, -0.15) is 10.1 Å². The molecule has 3 rings (SSSR count). The molecule has 1 N–H and O–H groups in total. The Morgan fingerprint density at radius 2 is 1.92 bits per heavy atom. The number of rotatable bonds is 5. The Morgan fingerprint density at radius 3 is 2.58 bits per heavy atom. The summed E-state index contributed by atoms with van der Waals surface area (Å²) in [6.07, 6.45) is 5.20. The molecule has 0 radical (unpaired) electrons. The maximum atomic E-state index is 12.7. The number of benzene rings is 1. The fourth-order valence-corrected chi connectivity index (χ4v) is 2.92. The molecule has 1 amide bonds. The fourth-order valence-electron chi connectivity index (χ4n) is 2.92. The van der Waals surface area contributed by atoms with Crippen molar-refractivity contribution in [3.8, 4) is 0 Å². The van der Waals surface area contributed by atoms with Gasteiger partial charge in [-0.05, 0) is 30.5 Å². The zero-order valence-corrected chi connectivity index (χ0v) is 13.7. The summed E-state index contributed by atoms with van der Waals surface area (Å²) < 4.78 is 0. The van der Waals surface area contributed by atoms with E-state index in [1.54, 1.807) is 24.5 Å². The van der Waals surface area contributed by atoms with Crippen molar-refractivity contribution < 1.29 is 9.90 Å². The van der Waals surface area contributed by atoms with Crippen LogP contribution >= 0.6 is 0 Å². The molecule has 1 atom stereocenters. The number of carbonyl (C=O) groups is 1. The predicted octanol–water partition coefficient (Wildman–Crippen LogP) is 2.86. The number of hydrogen-bond donors (Lipinski definition) is 1. The van der Waals surface area contributed by atoms with E-state index >= 15 is 0 Å². The second kappa shape index (κ2) is 6.93. The lowest BCUT2D eigenvalue weighted by Gasteiger charge is -2.31. The lowest BCUT2D eigenvalue weighted by Crippen LogP contribution is -2.43. The Balaban J connectivity index is 1.80. The zero-order valence-electron chi connectivity index (χ0n) is 13.7. The predicted molar refractivity (Wildman–Crippen MR) is 92.1 cm³/mol. The van der Waals surface area contributed by atoms with Gasteiger partial charge in [-0.25, -0.2) is 0 Å². The zero-order chi connectivity index (χ0) is 17.0. The molecule has 0 saturated carbocycles. The first-order valence-electron chi connectivity index (χ1n) is 8.19. The minimum atomic E-state index is -1.41. The quantitative estimate of drug-likeness (QED) is 0.920. The number of carbonyl (C=O) groups excluding carboxylic acids is 1. The molecule has 5 heteroatoms. The Bertz CT molecular complexity index is 731. The smallest absolute Gasteiger partial charge is 0.245 e. The molecular weight excluding hydrogens is 302 g/mol. The van der Waals surface area contributed by atoms with Gasteiger partial charge >= 0.3 is 0 Å². The number of hydrazone groups is 1. The Labute approximate surface area is 141 Å². The van der Waals surface area contributed by atoms with Crippen LogP contribution in [0.5, 0.6) is 0 Å². The van der Waals surface area contributed by atoms with Crippen LogP contribution in [-0.4, -0.2) is 26.7 Å². The van der Waals surface area contributed by atoms with E-state index in [1.807, 2.05) is 37.3 Å². The summed E-state index contributed by atoms with van der Waals surface area (Å²) >= 11 is 0. The van der Waals surface area contributed by atoms with E-state index in [9.17, 15) is 9.90 Å². The summed E-state index contributed by atoms with van der Waals surface area (Å²) in [5.74, 6) is -0.179. The third-order valence-electron chi connectivity index (χ3n) is 4.30. The number of amides is 1. The van der Waals surface area contributed by atoms with E-state index < -0.39 is 5.72 Å². The number of aryl methyl sites for hydroxylation is 1. The lowest BCUT2D eigenvalue weighted by atomic mass is 9.97. The van der Waals surface area contributed by atoms with Crippen molar-refractivity contribution in [3.05, 3.63) is 66.0 Å². The molecule has 0 fully saturated rings. The van der Waals surface area contributed by atoms with Crippen molar-refractivity contribution in [2.75, 3.05) is 0 Å². The van der Waals surface area contributed by atoms with Gasteiger partial charge in [0.2, 0.25) is 5.91 Å². The molecule has 0 spiro atoms. The van der Waals surface area contributed by atoms with Crippen molar-refractivity contribution >= 4 is 11.6 Å².